The molecule has 1 aromatic carbocycles. The third-order valence-corrected chi connectivity index (χ3v) is 3.20. The van der Waals surface area contributed by atoms with Crippen molar-refractivity contribution in [1.82, 2.24) is 5.32 Å². The van der Waals surface area contributed by atoms with Crippen LogP contribution in [0.15, 0.2) is 24.3 Å². The topological polar surface area (TPSA) is 59.3 Å². The Morgan fingerprint density at radius 1 is 1.44 bits per heavy atom. The van der Waals surface area contributed by atoms with Gasteiger partial charge in [0.2, 0.25) is 0 Å². The van der Waals surface area contributed by atoms with Gasteiger partial charge in [-0.25, -0.2) is 0 Å². The number of hydrogen-bond acceptors (Lipinski definition) is 4. The van der Waals surface area contributed by atoms with E-state index in [1.54, 1.807) is 0 Å². The van der Waals surface area contributed by atoms with E-state index in [9.17, 15) is 5.11 Å². The van der Waals surface area contributed by atoms with Crippen LogP contribution < -0.4 is 10.2 Å². The van der Waals surface area contributed by atoms with E-state index in [0.29, 0.717) is 5.56 Å². The van der Waals surface area contributed by atoms with Gasteiger partial charge in [-0.3, -0.25) is 0 Å². The number of aliphatic hydroxyl groups excluding tert-OH is 1. The lowest BCUT2D eigenvalue weighted by molar-refractivity contribution is 0.191. The van der Waals surface area contributed by atoms with E-state index < -0.39 is 0 Å². The van der Waals surface area contributed by atoms with Gasteiger partial charge in [0.15, 0.2) is 0 Å². The van der Waals surface area contributed by atoms with E-state index in [4.69, 9.17) is 5.26 Å². The monoisotopic (exact) mass is 245 g/mol. The zero-order chi connectivity index (χ0) is 13.2. The zero-order valence-electron chi connectivity index (χ0n) is 10.8. The van der Waals surface area contributed by atoms with Gasteiger partial charge in [0.05, 0.1) is 18.2 Å². The fourth-order valence-electron chi connectivity index (χ4n) is 2.50. The van der Waals surface area contributed by atoms with Crippen LogP contribution in [0.4, 0.5) is 5.69 Å². The Bertz CT molecular complexity index is 447. The predicted octanol–water partition coefficient (Wildman–Crippen LogP) is 1.11. The van der Waals surface area contributed by atoms with Gasteiger partial charge in [-0.15, -0.1) is 0 Å². The van der Waals surface area contributed by atoms with Crippen molar-refractivity contribution in [2.45, 2.75) is 25.4 Å². The molecule has 0 spiro atoms. The Morgan fingerprint density at radius 2 is 2.11 bits per heavy atom. The summed E-state index contributed by atoms with van der Waals surface area (Å²) in [5.41, 5.74) is 1.74. The first-order valence-corrected chi connectivity index (χ1v) is 6.18. The molecular formula is C14H19N3O. The smallest absolute Gasteiger partial charge is 0.0991 e. The van der Waals surface area contributed by atoms with Gasteiger partial charge < -0.3 is 15.3 Å². The van der Waals surface area contributed by atoms with Crippen molar-refractivity contribution in [3.63, 3.8) is 0 Å². The quantitative estimate of drug-likeness (QED) is 0.819. The van der Waals surface area contributed by atoms with Gasteiger partial charge in [0, 0.05) is 30.4 Å². The highest BCUT2D eigenvalue weighted by Crippen LogP contribution is 2.22. The van der Waals surface area contributed by atoms with Gasteiger partial charge in [-0.2, -0.15) is 5.26 Å². The first-order valence-electron chi connectivity index (χ1n) is 6.18. The molecule has 1 unspecified atom stereocenters. The van der Waals surface area contributed by atoms with Crippen molar-refractivity contribution in [2.24, 2.45) is 0 Å². The second-order valence-corrected chi connectivity index (χ2v) is 5.45. The molecule has 0 saturated carbocycles. The summed E-state index contributed by atoms with van der Waals surface area (Å²) >= 11 is 0. The van der Waals surface area contributed by atoms with Crippen LogP contribution in [0, 0.1) is 11.3 Å². The van der Waals surface area contributed by atoms with Crippen LogP contribution in [-0.4, -0.2) is 36.4 Å². The molecule has 96 valence electrons. The Morgan fingerprint density at radius 3 is 2.67 bits per heavy atom. The number of nitrogens with one attached hydrogen (secondary N) is 1. The predicted molar refractivity (Wildman–Crippen MR) is 71.5 cm³/mol. The molecule has 1 aliphatic rings. The number of benzene rings is 1. The lowest BCUT2D eigenvalue weighted by Gasteiger charge is -2.44. The first-order chi connectivity index (χ1) is 8.54. The number of nitrogens with zero attached hydrogens (tertiary/aromatic N) is 2. The van der Waals surface area contributed by atoms with Crippen LogP contribution in [0.3, 0.4) is 0 Å². The van der Waals surface area contributed by atoms with E-state index >= 15 is 0 Å². The second-order valence-electron chi connectivity index (χ2n) is 5.45. The summed E-state index contributed by atoms with van der Waals surface area (Å²) in [5, 5.41) is 21.6. The maximum Gasteiger partial charge on any atom is 0.0991 e. The normalized spacial score (nSPS) is 22.6. The van der Waals surface area contributed by atoms with E-state index in [0.717, 1.165) is 18.8 Å². The molecule has 0 radical (unpaired) electrons. The fourth-order valence-corrected chi connectivity index (χ4v) is 2.50. The molecule has 4 nitrogen and oxygen atoms in total. The molecule has 1 saturated heterocycles. The number of rotatable bonds is 2. The maximum atomic E-state index is 9.34. The third-order valence-electron chi connectivity index (χ3n) is 3.20. The van der Waals surface area contributed by atoms with Crippen molar-refractivity contribution in [1.29, 1.82) is 5.26 Å². The number of piperazine rings is 1. The molecule has 1 fully saturated rings. The van der Waals surface area contributed by atoms with Crippen LogP contribution in [0.25, 0.3) is 0 Å². The molecule has 4 heteroatoms. The summed E-state index contributed by atoms with van der Waals surface area (Å²) < 4.78 is 0. The summed E-state index contributed by atoms with van der Waals surface area (Å²) in [6.07, 6.45) is 0. The van der Waals surface area contributed by atoms with Crippen molar-refractivity contribution in [3.8, 4) is 6.07 Å². The molecule has 2 N–H and O–H groups in total. The Labute approximate surface area is 108 Å². The highest BCUT2D eigenvalue weighted by molar-refractivity contribution is 5.50. The van der Waals surface area contributed by atoms with Crippen LogP contribution in [0.5, 0.6) is 0 Å². The van der Waals surface area contributed by atoms with E-state index in [1.807, 2.05) is 24.3 Å². The molecule has 2 rings (SSSR count). The largest absolute Gasteiger partial charge is 0.395 e. The van der Waals surface area contributed by atoms with E-state index in [-0.39, 0.29) is 18.2 Å². The van der Waals surface area contributed by atoms with Crippen LogP contribution >= 0.6 is 0 Å². The average Bonchev–Trinajstić information content (AvgIpc) is 2.37. The summed E-state index contributed by atoms with van der Waals surface area (Å²) in [6.45, 7) is 6.06. The van der Waals surface area contributed by atoms with Crippen LogP contribution in [-0.2, 0) is 0 Å². The SMILES string of the molecule is CC1(C)CN(c2ccc(C#N)cc2)CC(CO)N1. The molecule has 0 bridgehead atoms. The van der Waals surface area contributed by atoms with Crippen molar-refractivity contribution in [3.05, 3.63) is 29.8 Å². The molecular weight excluding hydrogens is 226 g/mol. The van der Waals surface area contributed by atoms with Gasteiger partial charge in [0.25, 0.3) is 0 Å². The summed E-state index contributed by atoms with van der Waals surface area (Å²) in [4.78, 5) is 2.25. The van der Waals surface area contributed by atoms with Crippen LogP contribution in [0.1, 0.15) is 19.4 Å². The highest BCUT2D eigenvalue weighted by Gasteiger charge is 2.31. The Balaban J connectivity index is 2.18. The minimum Gasteiger partial charge on any atom is -0.395 e. The number of nitriles is 1. The Kier molecular flexibility index (Phi) is 3.55. The van der Waals surface area contributed by atoms with Gasteiger partial charge in [0.1, 0.15) is 0 Å². The van der Waals surface area contributed by atoms with Crippen LogP contribution in [0.2, 0.25) is 0 Å². The van der Waals surface area contributed by atoms with Gasteiger partial charge >= 0.3 is 0 Å². The minimum absolute atomic E-state index is 0.0282. The molecule has 0 amide bonds. The molecule has 18 heavy (non-hydrogen) atoms. The van der Waals surface area contributed by atoms with E-state index in [1.165, 1.54) is 0 Å². The summed E-state index contributed by atoms with van der Waals surface area (Å²) in [5.74, 6) is 0. The lowest BCUT2D eigenvalue weighted by atomic mass is 9.98. The average molecular weight is 245 g/mol. The molecule has 1 heterocycles. The Hall–Kier alpha value is -1.57. The molecule has 1 atom stereocenters. The highest BCUT2D eigenvalue weighted by atomic mass is 16.3. The fraction of sp³-hybridized carbons (Fsp3) is 0.500. The first kappa shape index (κ1) is 12.9. The molecule has 1 aliphatic heterocycles. The van der Waals surface area contributed by atoms with Gasteiger partial charge in [-0.1, -0.05) is 0 Å². The number of aliphatic hydroxyl groups is 1. The second kappa shape index (κ2) is 4.97. The standard InChI is InChI=1S/C14H19N3O/c1-14(2)10-17(8-12(9-18)16-14)13-5-3-11(7-15)4-6-13/h3-6,12,16,18H,8-10H2,1-2H3. The number of hydrogen-bond donors (Lipinski definition) is 2. The zero-order valence-corrected chi connectivity index (χ0v) is 10.8. The molecule has 0 aliphatic carbocycles. The summed E-state index contributed by atoms with van der Waals surface area (Å²) in [6, 6.07) is 9.81. The third kappa shape index (κ3) is 2.81. The maximum absolute atomic E-state index is 9.34. The van der Waals surface area contributed by atoms with Crippen molar-refractivity contribution in [2.75, 3.05) is 24.6 Å². The molecule has 1 aromatic rings. The van der Waals surface area contributed by atoms with Gasteiger partial charge in [-0.05, 0) is 38.1 Å². The van der Waals surface area contributed by atoms with Crippen molar-refractivity contribution >= 4 is 5.69 Å². The van der Waals surface area contributed by atoms with E-state index in [2.05, 4.69) is 30.1 Å². The summed E-state index contributed by atoms with van der Waals surface area (Å²) in [7, 11) is 0. The molecule has 0 aromatic heterocycles. The minimum atomic E-state index is -0.0282. The van der Waals surface area contributed by atoms with Crippen molar-refractivity contribution < 1.29 is 5.11 Å². The lowest BCUT2D eigenvalue weighted by Crippen LogP contribution is -2.63. The number of anilines is 1.